The summed E-state index contributed by atoms with van der Waals surface area (Å²) in [4.78, 5) is 17.3. The Kier molecular flexibility index (Phi) is 4.15. The summed E-state index contributed by atoms with van der Waals surface area (Å²) in [6.45, 7) is 2.40. The molecule has 0 amide bonds. The number of methoxy groups -OCH3 is 1. The molecule has 1 aliphatic heterocycles. The van der Waals surface area contributed by atoms with Crippen LogP contribution in [0.1, 0.15) is 18.4 Å². The van der Waals surface area contributed by atoms with Crippen molar-refractivity contribution in [2.24, 2.45) is 5.92 Å². The van der Waals surface area contributed by atoms with Crippen LogP contribution < -0.4 is 4.74 Å². The van der Waals surface area contributed by atoms with Crippen LogP contribution in [0.5, 0.6) is 5.88 Å². The van der Waals surface area contributed by atoms with Crippen LogP contribution in [0.2, 0.25) is 0 Å². The van der Waals surface area contributed by atoms with Crippen molar-refractivity contribution in [1.82, 2.24) is 9.88 Å². The molecule has 1 aromatic rings. The van der Waals surface area contributed by atoms with E-state index in [0.717, 1.165) is 38.0 Å². The number of hydrogen-bond acceptors (Lipinski definition) is 4. The zero-order valence-corrected chi connectivity index (χ0v) is 10.5. The maximum absolute atomic E-state index is 10.9. The van der Waals surface area contributed by atoms with Crippen molar-refractivity contribution < 1.29 is 14.6 Å². The van der Waals surface area contributed by atoms with E-state index in [-0.39, 0.29) is 5.92 Å². The molecule has 18 heavy (non-hydrogen) atoms. The molecule has 1 saturated heterocycles. The van der Waals surface area contributed by atoms with Gasteiger partial charge in [0.1, 0.15) is 0 Å². The number of carboxylic acid groups (broad SMARTS) is 1. The number of carbonyl (C=O) groups is 1. The van der Waals surface area contributed by atoms with Gasteiger partial charge in [-0.3, -0.25) is 9.69 Å². The Hall–Kier alpha value is -1.62. The molecule has 0 saturated carbocycles. The van der Waals surface area contributed by atoms with Crippen molar-refractivity contribution in [3.8, 4) is 5.88 Å². The molecule has 1 N–H and O–H groups in total. The summed E-state index contributed by atoms with van der Waals surface area (Å²) in [7, 11) is 1.61. The van der Waals surface area contributed by atoms with E-state index in [1.54, 1.807) is 13.3 Å². The summed E-state index contributed by atoms with van der Waals surface area (Å²) in [5.74, 6) is -0.205. The van der Waals surface area contributed by atoms with Crippen LogP contribution in [0, 0.1) is 5.92 Å². The summed E-state index contributed by atoms with van der Waals surface area (Å²) < 4.78 is 5.21. The first kappa shape index (κ1) is 12.8. The fourth-order valence-corrected chi connectivity index (χ4v) is 2.31. The van der Waals surface area contributed by atoms with E-state index in [0.29, 0.717) is 5.88 Å². The van der Waals surface area contributed by atoms with Gasteiger partial charge in [0.2, 0.25) is 5.88 Å². The van der Waals surface area contributed by atoms with Gasteiger partial charge in [0, 0.05) is 18.3 Å². The standard InChI is InChI=1S/C13H18N2O3/c1-18-12-11(3-2-6-14-12)9-15-7-4-10(5-8-15)13(16)17/h2-3,6,10H,4-5,7-9H2,1H3,(H,16,17). The van der Waals surface area contributed by atoms with Gasteiger partial charge in [-0.25, -0.2) is 4.98 Å². The molecule has 1 fully saturated rings. The zero-order chi connectivity index (χ0) is 13.0. The lowest BCUT2D eigenvalue weighted by molar-refractivity contribution is -0.143. The SMILES string of the molecule is COc1ncccc1CN1CCC(C(=O)O)CC1. The van der Waals surface area contributed by atoms with Crippen molar-refractivity contribution in [2.75, 3.05) is 20.2 Å². The molecule has 0 unspecified atom stereocenters. The molecular formula is C13H18N2O3. The Labute approximate surface area is 106 Å². The molecule has 0 aromatic carbocycles. The molecular weight excluding hydrogens is 232 g/mol. The third-order valence-corrected chi connectivity index (χ3v) is 3.37. The highest BCUT2D eigenvalue weighted by molar-refractivity contribution is 5.70. The van der Waals surface area contributed by atoms with E-state index in [9.17, 15) is 4.79 Å². The fourth-order valence-electron chi connectivity index (χ4n) is 2.31. The van der Waals surface area contributed by atoms with Crippen LogP contribution in [0.25, 0.3) is 0 Å². The minimum atomic E-state index is -0.673. The minimum Gasteiger partial charge on any atom is -0.481 e. The molecule has 1 aromatic heterocycles. The predicted molar refractivity (Wildman–Crippen MR) is 66.4 cm³/mol. The number of aromatic nitrogens is 1. The van der Waals surface area contributed by atoms with Crippen molar-refractivity contribution in [3.63, 3.8) is 0 Å². The fraction of sp³-hybridized carbons (Fsp3) is 0.538. The third kappa shape index (κ3) is 2.98. The quantitative estimate of drug-likeness (QED) is 0.874. The Morgan fingerprint density at radius 2 is 2.28 bits per heavy atom. The van der Waals surface area contributed by atoms with E-state index >= 15 is 0 Å². The van der Waals surface area contributed by atoms with Gasteiger partial charge in [-0.1, -0.05) is 6.07 Å². The first-order chi connectivity index (χ1) is 8.70. The van der Waals surface area contributed by atoms with Gasteiger partial charge in [-0.2, -0.15) is 0 Å². The second-order valence-electron chi connectivity index (χ2n) is 4.56. The Morgan fingerprint density at radius 1 is 1.56 bits per heavy atom. The predicted octanol–water partition coefficient (Wildman–Crippen LogP) is 1.39. The molecule has 0 radical (unpaired) electrons. The molecule has 2 rings (SSSR count). The minimum absolute atomic E-state index is 0.183. The average molecular weight is 250 g/mol. The topological polar surface area (TPSA) is 62.7 Å². The average Bonchev–Trinajstić information content (AvgIpc) is 2.40. The van der Waals surface area contributed by atoms with Crippen molar-refractivity contribution in [1.29, 1.82) is 0 Å². The van der Waals surface area contributed by atoms with Gasteiger partial charge >= 0.3 is 5.97 Å². The van der Waals surface area contributed by atoms with E-state index in [1.165, 1.54) is 0 Å². The Bertz CT molecular complexity index is 414. The van der Waals surface area contributed by atoms with E-state index in [4.69, 9.17) is 9.84 Å². The van der Waals surface area contributed by atoms with Crippen LogP contribution in [-0.4, -0.2) is 41.2 Å². The van der Waals surface area contributed by atoms with Gasteiger partial charge < -0.3 is 9.84 Å². The first-order valence-electron chi connectivity index (χ1n) is 6.13. The number of carboxylic acids is 1. The van der Waals surface area contributed by atoms with Crippen molar-refractivity contribution >= 4 is 5.97 Å². The van der Waals surface area contributed by atoms with Crippen molar-refractivity contribution in [2.45, 2.75) is 19.4 Å². The third-order valence-electron chi connectivity index (χ3n) is 3.37. The molecule has 0 bridgehead atoms. The summed E-state index contributed by atoms with van der Waals surface area (Å²) in [5.41, 5.74) is 1.05. The van der Waals surface area contributed by atoms with E-state index in [2.05, 4.69) is 9.88 Å². The van der Waals surface area contributed by atoms with Gasteiger partial charge in [-0.15, -0.1) is 0 Å². The molecule has 98 valence electrons. The lowest BCUT2D eigenvalue weighted by Gasteiger charge is -2.30. The molecule has 5 nitrogen and oxygen atoms in total. The normalized spacial score (nSPS) is 17.6. The summed E-state index contributed by atoms with van der Waals surface area (Å²) >= 11 is 0. The molecule has 0 spiro atoms. The number of hydrogen-bond donors (Lipinski definition) is 1. The second kappa shape index (κ2) is 5.82. The van der Waals surface area contributed by atoms with Crippen LogP contribution in [0.15, 0.2) is 18.3 Å². The molecule has 0 atom stereocenters. The molecule has 2 heterocycles. The van der Waals surface area contributed by atoms with Gasteiger partial charge in [-0.05, 0) is 32.0 Å². The lowest BCUT2D eigenvalue weighted by atomic mass is 9.97. The number of likely N-dealkylation sites (tertiary alicyclic amines) is 1. The van der Waals surface area contributed by atoms with Crippen LogP contribution in [0.3, 0.4) is 0 Å². The van der Waals surface area contributed by atoms with E-state index in [1.807, 2.05) is 12.1 Å². The molecule has 1 aliphatic rings. The van der Waals surface area contributed by atoms with Crippen LogP contribution >= 0.6 is 0 Å². The van der Waals surface area contributed by atoms with Crippen molar-refractivity contribution in [3.05, 3.63) is 23.9 Å². The van der Waals surface area contributed by atoms with Gasteiger partial charge in [0.25, 0.3) is 0 Å². The number of rotatable bonds is 4. The summed E-state index contributed by atoms with van der Waals surface area (Å²) in [5, 5.41) is 8.95. The summed E-state index contributed by atoms with van der Waals surface area (Å²) in [6, 6.07) is 3.89. The number of ether oxygens (including phenoxy) is 1. The Morgan fingerprint density at radius 3 is 2.89 bits per heavy atom. The highest BCUT2D eigenvalue weighted by Gasteiger charge is 2.24. The Balaban J connectivity index is 1.93. The largest absolute Gasteiger partial charge is 0.481 e. The van der Waals surface area contributed by atoms with Crippen LogP contribution in [0.4, 0.5) is 0 Å². The van der Waals surface area contributed by atoms with Gasteiger partial charge in [0.15, 0.2) is 0 Å². The monoisotopic (exact) mass is 250 g/mol. The number of aliphatic carboxylic acids is 1. The first-order valence-corrected chi connectivity index (χ1v) is 6.13. The number of piperidine rings is 1. The van der Waals surface area contributed by atoms with Gasteiger partial charge in [0.05, 0.1) is 13.0 Å². The molecule has 0 aliphatic carbocycles. The lowest BCUT2D eigenvalue weighted by Crippen LogP contribution is -2.35. The summed E-state index contributed by atoms with van der Waals surface area (Å²) in [6.07, 6.45) is 3.15. The highest BCUT2D eigenvalue weighted by Crippen LogP contribution is 2.21. The highest BCUT2D eigenvalue weighted by atomic mass is 16.5. The maximum Gasteiger partial charge on any atom is 0.306 e. The number of nitrogens with zero attached hydrogens (tertiary/aromatic N) is 2. The van der Waals surface area contributed by atoms with Crippen LogP contribution in [-0.2, 0) is 11.3 Å². The number of pyridine rings is 1. The van der Waals surface area contributed by atoms with E-state index < -0.39 is 5.97 Å². The maximum atomic E-state index is 10.9. The zero-order valence-electron chi connectivity index (χ0n) is 10.5. The second-order valence-corrected chi connectivity index (χ2v) is 4.56. The molecule has 5 heteroatoms. The smallest absolute Gasteiger partial charge is 0.306 e.